The van der Waals surface area contributed by atoms with Crippen LogP contribution in [0.25, 0.3) is 0 Å². The number of aryl methyl sites for hydroxylation is 2. The molecule has 0 aliphatic rings. The predicted octanol–water partition coefficient (Wildman–Crippen LogP) is 3.30. The van der Waals surface area contributed by atoms with Crippen molar-refractivity contribution in [2.75, 3.05) is 5.32 Å². The highest BCUT2D eigenvalue weighted by atomic mass is 35.5. The lowest BCUT2D eigenvalue weighted by Crippen LogP contribution is -2.01. The lowest BCUT2D eigenvalue weighted by molar-refractivity contribution is 0.731. The molecule has 0 amide bonds. The second kappa shape index (κ2) is 4.80. The molecule has 1 aromatic carbocycles. The van der Waals surface area contributed by atoms with E-state index in [1.807, 2.05) is 36.9 Å². The Morgan fingerprint density at radius 3 is 2.71 bits per heavy atom. The summed E-state index contributed by atoms with van der Waals surface area (Å²) in [5, 5.41) is 8.54. The van der Waals surface area contributed by atoms with E-state index in [0.717, 1.165) is 28.6 Å². The molecule has 0 unspecified atom stereocenters. The first-order valence-electron chi connectivity index (χ1n) is 5.56. The van der Waals surface area contributed by atoms with Gasteiger partial charge in [-0.05, 0) is 31.5 Å². The van der Waals surface area contributed by atoms with Crippen LogP contribution in [0.3, 0.4) is 0 Å². The third kappa shape index (κ3) is 2.61. The van der Waals surface area contributed by atoms with Gasteiger partial charge in [0.05, 0.1) is 17.1 Å². The molecule has 0 spiro atoms. The van der Waals surface area contributed by atoms with Crippen molar-refractivity contribution in [3.63, 3.8) is 0 Å². The van der Waals surface area contributed by atoms with Gasteiger partial charge in [0.1, 0.15) is 0 Å². The zero-order valence-corrected chi connectivity index (χ0v) is 11.0. The molecule has 2 rings (SSSR count). The van der Waals surface area contributed by atoms with Crippen LogP contribution in [0.2, 0.25) is 5.02 Å². The predicted molar refractivity (Wildman–Crippen MR) is 71.5 cm³/mol. The molecule has 0 aliphatic carbocycles. The monoisotopic (exact) mass is 249 g/mol. The standard InChI is InChI=1S/C13H16ClN3/c1-9-13(10(2)17(3)16-9)15-8-11-5-4-6-12(14)7-11/h4-7,15H,8H2,1-3H3. The number of aromatic nitrogens is 2. The van der Waals surface area contributed by atoms with Gasteiger partial charge in [-0.25, -0.2) is 0 Å². The number of nitrogens with one attached hydrogen (secondary N) is 1. The first kappa shape index (κ1) is 12.0. The summed E-state index contributed by atoms with van der Waals surface area (Å²) in [7, 11) is 1.95. The molecule has 1 N–H and O–H groups in total. The van der Waals surface area contributed by atoms with E-state index in [4.69, 9.17) is 11.6 Å². The molecule has 0 aliphatic heterocycles. The summed E-state index contributed by atoms with van der Waals surface area (Å²) in [6, 6.07) is 7.86. The van der Waals surface area contributed by atoms with Crippen LogP contribution in [0.1, 0.15) is 17.0 Å². The van der Waals surface area contributed by atoms with E-state index in [9.17, 15) is 0 Å². The molecule has 0 saturated heterocycles. The molecule has 0 fully saturated rings. The van der Waals surface area contributed by atoms with Crippen molar-refractivity contribution in [3.05, 3.63) is 46.2 Å². The fourth-order valence-corrected chi connectivity index (χ4v) is 2.08. The number of benzene rings is 1. The third-order valence-electron chi connectivity index (χ3n) is 2.87. The van der Waals surface area contributed by atoms with Gasteiger partial charge in [0.15, 0.2) is 0 Å². The quantitative estimate of drug-likeness (QED) is 0.905. The topological polar surface area (TPSA) is 29.9 Å². The van der Waals surface area contributed by atoms with Crippen LogP contribution in [0.4, 0.5) is 5.69 Å². The molecule has 0 radical (unpaired) electrons. The SMILES string of the molecule is Cc1nn(C)c(C)c1NCc1cccc(Cl)c1. The number of halogens is 1. The molecule has 90 valence electrons. The Morgan fingerprint density at radius 1 is 1.35 bits per heavy atom. The van der Waals surface area contributed by atoms with Crippen molar-refractivity contribution in [1.29, 1.82) is 0 Å². The van der Waals surface area contributed by atoms with E-state index < -0.39 is 0 Å². The van der Waals surface area contributed by atoms with Crippen molar-refractivity contribution in [3.8, 4) is 0 Å². The molecular weight excluding hydrogens is 234 g/mol. The largest absolute Gasteiger partial charge is 0.378 e. The minimum atomic E-state index is 0.758. The smallest absolute Gasteiger partial charge is 0.0827 e. The van der Waals surface area contributed by atoms with E-state index in [1.165, 1.54) is 5.56 Å². The Balaban J connectivity index is 2.12. The van der Waals surface area contributed by atoms with Crippen LogP contribution in [0.15, 0.2) is 24.3 Å². The van der Waals surface area contributed by atoms with Crippen LogP contribution in [-0.4, -0.2) is 9.78 Å². The zero-order chi connectivity index (χ0) is 12.4. The van der Waals surface area contributed by atoms with Crippen LogP contribution in [-0.2, 0) is 13.6 Å². The highest BCUT2D eigenvalue weighted by Crippen LogP contribution is 2.19. The molecule has 0 bridgehead atoms. The van der Waals surface area contributed by atoms with Gasteiger partial charge in [0.25, 0.3) is 0 Å². The first-order valence-corrected chi connectivity index (χ1v) is 5.94. The molecule has 0 saturated carbocycles. The van der Waals surface area contributed by atoms with Gasteiger partial charge < -0.3 is 5.32 Å². The lowest BCUT2D eigenvalue weighted by atomic mass is 10.2. The summed E-state index contributed by atoms with van der Waals surface area (Å²) in [5.74, 6) is 0. The fourth-order valence-electron chi connectivity index (χ4n) is 1.87. The van der Waals surface area contributed by atoms with Crippen molar-refractivity contribution < 1.29 is 0 Å². The van der Waals surface area contributed by atoms with Crippen LogP contribution in [0, 0.1) is 13.8 Å². The molecular formula is C13H16ClN3. The van der Waals surface area contributed by atoms with Crippen LogP contribution < -0.4 is 5.32 Å². The Hall–Kier alpha value is -1.48. The van der Waals surface area contributed by atoms with E-state index >= 15 is 0 Å². The van der Waals surface area contributed by atoms with E-state index in [1.54, 1.807) is 0 Å². The van der Waals surface area contributed by atoms with Crippen molar-refractivity contribution in [2.24, 2.45) is 7.05 Å². The van der Waals surface area contributed by atoms with Gasteiger partial charge in [-0.3, -0.25) is 4.68 Å². The van der Waals surface area contributed by atoms with Crippen molar-refractivity contribution in [1.82, 2.24) is 9.78 Å². The number of hydrogen-bond donors (Lipinski definition) is 1. The van der Waals surface area contributed by atoms with Crippen LogP contribution >= 0.6 is 11.6 Å². The fraction of sp³-hybridized carbons (Fsp3) is 0.308. The summed E-state index contributed by atoms with van der Waals surface area (Å²) in [6.45, 7) is 4.82. The summed E-state index contributed by atoms with van der Waals surface area (Å²) in [5.41, 5.74) is 4.43. The molecule has 1 aromatic heterocycles. The van der Waals surface area contributed by atoms with Gasteiger partial charge in [0.2, 0.25) is 0 Å². The first-order chi connectivity index (χ1) is 8.08. The maximum Gasteiger partial charge on any atom is 0.0827 e. The van der Waals surface area contributed by atoms with E-state index in [0.29, 0.717) is 0 Å². The molecule has 1 heterocycles. The van der Waals surface area contributed by atoms with Gasteiger partial charge in [-0.2, -0.15) is 5.10 Å². The van der Waals surface area contributed by atoms with Gasteiger partial charge in [-0.15, -0.1) is 0 Å². The highest BCUT2D eigenvalue weighted by Gasteiger charge is 2.08. The summed E-state index contributed by atoms with van der Waals surface area (Å²) in [6.07, 6.45) is 0. The number of nitrogens with zero attached hydrogens (tertiary/aromatic N) is 2. The average Bonchev–Trinajstić information content (AvgIpc) is 2.51. The normalized spacial score (nSPS) is 10.6. The minimum absolute atomic E-state index is 0.758. The Bertz CT molecular complexity index is 531. The van der Waals surface area contributed by atoms with Crippen molar-refractivity contribution in [2.45, 2.75) is 20.4 Å². The van der Waals surface area contributed by atoms with E-state index in [2.05, 4.69) is 23.4 Å². The zero-order valence-electron chi connectivity index (χ0n) is 10.3. The Labute approximate surface area is 106 Å². The molecule has 2 aromatic rings. The number of rotatable bonds is 3. The van der Waals surface area contributed by atoms with Gasteiger partial charge >= 0.3 is 0 Å². The minimum Gasteiger partial charge on any atom is -0.378 e. The molecule has 4 heteroatoms. The Kier molecular flexibility index (Phi) is 3.38. The summed E-state index contributed by atoms with van der Waals surface area (Å²) < 4.78 is 1.88. The average molecular weight is 250 g/mol. The van der Waals surface area contributed by atoms with E-state index in [-0.39, 0.29) is 0 Å². The second-order valence-corrected chi connectivity index (χ2v) is 4.59. The summed E-state index contributed by atoms with van der Waals surface area (Å²) in [4.78, 5) is 0. The molecule has 17 heavy (non-hydrogen) atoms. The van der Waals surface area contributed by atoms with Gasteiger partial charge in [0, 0.05) is 18.6 Å². The maximum absolute atomic E-state index is 5.95. The highest BCUT2D eigenvalue weighted by molar-refractivity contribution is 6.30. The number of hydrogen-bond acceptors (Lipinski definition) is 2. The Morgan fingerprint density at radius 2 is 2.12 bits per heavy atom. The van der Waals surface area contributed by atoms with Crippen molar-refractivity contribution >= 4 is 17.3 Å². The van der Waals surface area contributed by atoms with Gasteiger partial charge in [-0.1, -0.05) is 23.7 Å². The lowest BCUT2D eigenvalue weighted by Gasteiger charge is -2.07. The maximum atomic E-state index is 5.95. The second-order valence-electron chi connectivity index (χ2n) is 4.15. The molecule has 0 atom stereocenters. The van der Waals surface area contributed by atoms with Crippen LogP contribution in [0.5, 0.6) is 0 Å². The summed E-state index contributed by atoms with van der Waals surface area (Å²) >= 11 is 5.95. The third-order valence-corrected chi connectivity index (χ3v) is 3.10. The molecule has 3 nitrogen and oxygen atoms in total. The number of anilines is 1.